The molecule has 1 aromatic carbocycles. The summed E-state index contributed by atoms with van der Waals surface area (Å²) in [6.45, 7) is 10.5. The Morgan fingerprint density at radius 3 is 2.27 bits per heavy atom. The van der Waals surface area contributed by atoms with Crippen LogP contribution in [0.1, 0.15) is 39.7 Å². The van der Waals surface area contributed by atoms with Crippen LogP contribution in [-0.4, -0.2) is 60.7 Å². The summed E-state index contributed by atoms with van der Waals surface area (Å²) in [7, 11) is 0. The monoisotopic (exact) mass is 359 g/mol. The summed E-state index contributed by atoms with van der Waals surface area (Å²) >= 11 is 0. The summed E-state index contributed by atoms with van der Waals surface area (Å²) in [5.41, 5.74) is 1.85. The molecule has 0 bridgehead atoms. The minimum absolute atomic E-state index is 0.0232. The molecule has 1 saturated heterocycles. The predicted octanol–water partition coefficient (Wildman–Crippen LogP) is 2.03. The number of hydrogen-bond donors (Lipinski definition) is 0. The third-order valence-corrected chi connectivity index (χ3v) is 4.75. The lowest BCUT2D eigenvalue weighted by molar-refractivity contribution is -0.135. The van der Waals surface area contributed by atoms with E-state index in [1.807, 2.05) is 24.3 Å². The Morgan fingerprint density at radius 1 is 1.12 bits per heavy atom. The average Bonchev–Trinajstić information content (AvgIpc) is 2.61. The smallest absolute Gasteiger partial charge is 0.224 e. The largest absolute Gasteiger partial charge is 0.342 e. The fourth-order valence-corrected chi connectivity index (χ4v) is 3.23. The molecule has 0 unspecified atom stereocenters. The number of nitrogens with zero attached hydrogens (tertiary/aromatic N) is 3. The van der Waals surface area contributed by atoms with Crippen molar-refractivity contribution in [2.45, 2.75) is 39.5 Å². The van der Waals surface area contributed by atoms with Crippen LogP contribution in [0.25, 0.3) is 0 Å². The molecule has 0 aliphatic carbocycles. The van der Waals surface area contributed by atoms with E-state index >= 15 is 0 Å². The molecule has 2 rings (SSSR count). The molecular weight excluding hydrogens is 330 g/mol. The van der Waals surface area contributed by atoms with Gasteiger partial charge in [0.2, 0.25) is 18.2 Å². The minimum atomic E-state index is -0.0978. The molecular formula is C20H29N3O3. The van der Waals surface area contributed by atoms with Crippen molar-refractivity contribution in [1.82, 2.24) is 9.80 Å². The predicted molar refractivity (Wildman–Crippen MR) is 102 cm³/mol. The highest BCUT2D eigenvalue weighted by Gasteiger charge is 2.25. The Balaban J connectivity index is 2.07. The number of benzene rings is 1. The summed E-state index contributed by atoms with van der Waals surface area (Å²) < 4.78 is 0. The molecule has 3 amide bonds. The average molecular weight is 359 g/mol. The van der Waals surface area contributed by atoms with E-state index in [0.29, 0.717) is 32.7 Å². The Kier molecular flexibility index (Phi) is 6.40. The zero-order valence-corrected chi connectivity index (χ0v) is 16.2. The number of rotatable bonds is 5. The van der Waals surface area contributed by atoms with Crippen LogP contribution in [0.5, 0.6) is 0 Å². The van der Waals surface area contributed by atoms with Gasteiger partial charge >= 0.3 is 0 Å². The fraction of sp³-hybridized carbons (Fsp3) is 0.550. The molecule has 1 fully saturated rings. The van der Waals surface area contributed by atoms with E-state index in [2.05, 4.69) is 20.8 Å². The van der Waals surface area contributed by atoms with E-state index in [1.54, 1.807) is 14.7 Å². The van der Waals surface area contributed by atoms with E-state index in [9.17, 15) is 14.4 Å². The second-order valence-electron chi connectivity index (χ2n) is 7.71. The molecule has 0 aromatic heterocycles. The Hall–Kier alpha value is -2.37. The van der Waals surface area contributed by atoms with Gasteiger partial charge in [-0.15, -0.1) is 0 Å². The van der Waals surface area contributed by atoms with Gasteiger partial charge in [-0.2, -0.15) is 0 Å². The lowest BCUT2D eigenvalue weighted by atomic mass is 9.85. The standard InChI is InChI=1S/C20H29N3O3/c1-16(25)23(18-8-6-5-7-17(18)20(2,3)4)10-9-19(26)22-13-11-21(15-24)12-14-22/h5-8,15H,9-14H2,1-4H3. The van der Waals surface area contributed by atoms with Crippen molar-refractivity contribution < 1.29 is 14.4 Å². The van der Waals surface area contributed by atoms with Gasteiger partial charge < -0.3 is 14.7 Å². The number of carbonyl (C=O) groups excluding carboxylic acids is 3. The Bertz CT molecular complexity index is 659. The van der Waals surface area contributed by atoms with Gasteiger partial charge in [-0.05, 0) is 17.0 Å². The molecule has 1 aromatic rings. The highest BCUT2D eigenvalue weighted by Crippen LogP contribution is 2.32. The van der Waals surface area contributed by atoms with Gasteiger partial charge in [-0.3, -0.25) is 14.4 Å². The van der Waals surface area contributed by atoms with Gasteiger partial charge in [-0.25, -0.2) is 0 Å². The van der Waals surface area contributed by atoms with Crippen molar-refractivity contribution >= 4 is 23.9 Å². The molecule has 6 heteroatoms. The summed E-state index contributed by atoms with van der Waals surface area (Å²) in [6.07, 6.45) is 1.10. The van der Waals surface area contributed by atoms with Crippen LogP contribution in [0.15, 0.2) is 24.3 Å². The van der Waals surface area contributed by atoms with Gasteiger partial charge in [-0.1, -0.05) is 39.0 Å². The first-order chi connectivity index (χ1) is 12.2. The highest BCUT2D eigenvalue weighted by atomic mass is 16.2. The lowest BCUT2D eigenvalue weighted by Crippen LogP contribution is -2.48. The summed E-state index contributed by atoms with van der Waals surface area (Å²) in [5, 5.41) is 0. The number of carbonyl (C=O) groups is 3. The number of amides is 3. The maximum absolute atomic E-state index is 12.5. The molecule has 142 valence electrons. The third-order valence-electron chi connectivity index (χ3n) is 4.75. The minimum Gasteiger partial charge on any atom is -0.342 e. The van der Waals surface area contributed by atoms with Crippen LogP contribution < -0.4 is 4.90 Å². The van der Waals surface area contributed by atoms with Gasteiger partial charge in [0.1, 0.15) is 0 Å². The van der Waals surface area contributed by atoms with Crippen LogP contribution in [-0.2, 0) is 19.8 Å². The Labute approximate surface area is 155 Å². The quantitative estimate of drug-likeness (QED) is 0.756. The number of piperazine rings is 1. The maximum atomic E-state index is 12.5. The van der Waals surface area contributed by atoms with Crippen molar-refractivity contribution in [3.63, 3.8) is 0 Å². The molecule has 1 aliphatic heterocycles. The zero-order valence-electron chi connectivity index (χ0n) is 16.2. The second kappa shape index (κ2) is 8.34. The molecule has 0 N–H and O–H groups in total. The van der Waals surface area contributed by atoms with E-state index < -0.39 is 0 Å². The third kappa shape index (κ3) is 4.84. The molecule has 1 heterocycles. The molecule has 0 atom stereocenters. The number of anilines is 1. The second-order valence-corrected chi connectivity index (χ2v) is 7.71. The van der Waals surface area contributed by atoms with E-state index in [0.717, 1.165) is 17.7 Å². The number of para-hydroxylation sites is 1. The van der Waals surface area contributed by atoms with E-state index in [-0.39, 0.29) is 23.7 Å². The van der Waals surface area contributed by atoms with Crippen molar-refractivity contribution in [2.24, 2.45) is 0 Å². The molecule has 0 spiro atoms. The van der Waals surface area contributed by atoms with Gasteiger partial charge in [0.25, 0.3) is 0 Å². The van der Waals surface area contributed by atoms with E-state index in [4.69, 9.17) is 0 Å². The number of hydrogen-bond acceptors (Lipinski definition) is 3. The van der Waals surface area contributed by atoms with Crippen molar-refractivity contribution in [3.8, 4) is 0 Å². The molecule has 0 radical (unpaired) electrons. The maximum Gasteiger partial charge on any atom is 0.224 e. The SMILES string of the molecule is CC(=O)N(CCC(=O)N1CCN(C=O)CC1)c1ccccc1C(C)(C)C. The Morgan fingerprint density at radius 2 is 1.73 bits per heavy atom. The van der Waals surface area contributed by atoms with Crippen molar-refractivity contribution in [1.29, 1.82) is 0 Å². The first kappa shape index (κ1) is 19.9. The summed E-state index contributed by atoms with van der Waals surface area (Å²) in [5.74, 6) is -0.0460. The normalized spacial score (nSPS) is 14.9. The van der Waals surface area contributed by atoms with E-state index in [1.165, 1.54) is 6.92 Å². The van der Waals surface area contributed by atoms with Crippen molar-refractivity contribution in [3.05, 3.63) is 29.8 Å². The lowest BCUT2D eigenvalue weighted by Gasteiger charge is -2.33. The van der Waals surface area contributed by atoms with Gasteiger partial charge in [0.15, 0.2) is 0 Å². The fourth-order valence-electron chi connectivity index (χ4n) is 3.23. The summed E-state index contributed by atoms with van der Waals surface area (Å²) in [4.78, 5) is 40.7. The van der Waals surface area contributed by atoms with Gasteiger partial charge in [0.05, 0.1) is 0 Å². The van der Waals surface area contributed by atoms with Crippen molar-refractivity contribution in [2.75, 3.05) is 37.6 Å². The van der Waals surface area contributed by atoms with Crippen LogP contribution in [0.3, 0.4) is 0 Å². The highest BCUT2D eigenvalue weighted by molar-refractivity contribution is 5.93. The first-order valence-electron chi connectivity index (χ1n) is 9.09. The van der Waals surface area contributed by atoms with Crippen LogP contribution >= 0.6 is 0 Å². The van der Waals surface area contributed by atoms with Crippen LogP contribution in [0.2, 0.25) is 0 Å². The zero-order chi connectivity index (χ0) is 19.3. The first-order valence-corrected chi connectivity index (χ1v) is 9.09. The molecule has 1 aliphatic rings. The van der Waals surface area contributed by atoms with Crippen LogP contribution in [0.4, 0.5) is 5.69 Å². The molecule has 0 saturated carbocycles. The molecule has 6 nitrogen and oxygen atoms in total. The topological polar surface area (TPSA) is 60.9 Å². The van der Waals surface area contributed by atoms with Crippen LogP contribution in [0, 0.1) is 0 Å². The van der Waals surface area contributed by atoms with Gasteiger partial charge in [0, 0.05) is 51.8 Å². The summed E-state index contributed by atoms with van der Waals surface area (Å²) in [6, 6.07) is 7.86. The molecule has 26 heavy (non-hydrogen) atoms.